The Morgan fingerprint density at radius 1 is 1.25 bits per heavy atom. The highest BCUT2D eigenvalue weighted by Gasteiger charge is 2.45. The van der Waals surface area contributed by atoms with Gasteiger partial charge in [0.15, 0.2) is 0 Å². The minimum absolute atomic E-state index is 0.0348. The number of anilines is 2. The number of rotatable bonds is 6. The number of nitrogens with two attached hydrogens (primary N) is 1. The lowest BCUT2D eigenvalue weighted by molar-refractivity contribution is -0.137. The predicted molar refractivity (Wildman–Crippen MR) is 104 cm³/mol. The Bertz CT molecular complexity index is 1290. The highest BCUT2D eigenvalue weighted by molar-refractivity contribution is 7.89. The number of hydrogen-bond donors (Lipinski definition) is 3. The number of halogens is 4. The minimum Gasteiger partial charge on any atom is -0.394 e. The summed E-state index contributed by atoms with van der Waals surface area (Å²) < 4.78 is 78.9. The molecule has 14 heteroatoms. The van der Waals surface area contributed by atoms with Gasteiger partial charge in [-0.1, -0.05) is 0 Å². The van der Waals surface area contributed by atoms with Gasteiger partial charge in [0.1, 0.15) is 11.4 Å². The third kappa shape index (κ3) is 4.16. The van der Waals surface area contributed by atoms with Gasteiger partial charge in [0.05, 0.1) is 34.6 Å². The molecule has 0 bridgehead atoms. The first-order chi connectivity index (χ1) is 14.9. The van der Waals surface area contributed by atoms with Crippen LogP contribution in [0.15, 0.2) is 41.7 Å². The van der Waals surface area contributed by atoms with Crippen molar-refractivity contribution in [1.29, 1.82) is 0 Å². The van der Waals surface area contributed by atoms with Crippen molar-refractivity contribution in [2.75, 3.05) is 11.9 Å². The standard InChI is InChI=1S/C18H16F4N6O3S/c19-13-5-11(32(23,30)31)1-2-14(13)26-16-24-7-12(18(20,21)22)15(27-16)10-6-25-28(8-10)17(9-29)3-4-17/h1-2,5-8,29H,3-4,9H2,(H2,23,30,31)(H,24,26,27). The minimum atomic E-state index is -4.77. The first-order valence-corrected chi connectivity index (χ1v) is 10.7. The van der Waals surface area contributed by atoms with Crippen LogP contribution in [0.25, 0.3) is 11.3 Å². The fraction of sp³-hybridized carbons (Fsp3) is 0.278. The number of nitrogens with zero attached hydrogens (tertiary/aromatic N) is 4. The van der Waals surface area contributed by atoms with Gasteiger partial charge in [-0.05, 0) is 31.0 Å². The summed E-state index contributed by atoms with van der Waals surface area (Å²) in [6.45, 7) is -0.204. The topological polar surface area (TPSA) is 136 Å². The lowest BCUT2D eigenvalue weighted by Gasteiger charge is -2.14. The molecule has 2 aromatic heterocycles. The number of primary sulfonamides is 1. The predicted octanol–water partition coefficient (Wildman–Crippen LogP) is 2.37. The van der Waals surface area contributed by atoms with Crippen molar-refractivity contribution in [2.45, 2.75) is 29.5 Å². The van der Waals surface area contributed by atoms with Crippen LogP contribution in [-0.2, 0) is 21.7 Å². The van der Waals surface area contributed by atoms with Gasteiger partial charge in [-0.3, -0.25) is 4.68 Å². The van der Waals surface area contributed by atoms with Crippen LogP contribution in [0.2, 0.25) is 0 Å². The molecule has 3 aromatic rings. The van der Waals surface area contributed by atoms with Crippen LogP contribution in [0.3, 0.4) is 0 Å². The monoisotopic (exact) mass is 472 g/mol. The van der Waals surface area contributed by atoms with Crippen LogP contribution >= 0.6 is 0 Å². The first kappa shape index (κ1) is 22.1. The normalized spacial score (nSPS) is 15.6. The first-order valence-electron chi connectivity index (χ1n) is 9.13. The van der Waals surface area contributed by atoms with E-state index < -0.39 is 43.7 Å². The number of aliphatic hydroxyl groups excluding tert-OH is 1. The van der Waals surface area contributed by atoms with E-state index in [0.717, 1.165) is 12.1 Å². The fourth-order valence-electron chi connectivity index (χ4n) is 3.07. The van der Waals surface area contributed by atoms with Gasteiger partial charge >= 0.3 is 6.18 Å². The second-order valence-corrected chi connectivity index (χ2v) is 8.88. The maximum atomic E-state index is 14.3. The summed E-state index contributed by atoms with van der Waals surface area (Å²) in [6, 6.07) is 2.74. The Kier molecular flexibility index (Phi) is 5.18. The summed E-state index contributed by atoms with van der Waals surface area (Å²) in [5, 5.41) is 21.0. The number of hydrogen-bond acceptors (Lipinski definition) is 7. The average molecular weight is 472 g/mol. The summed E-state index contributed by atoms with van der Waals surface area (Å²) in [6.07, 6.45) is -0.392. The number of aliphatic hydroxyl groups is 1. The molecule has 0 saturated heterocycles. The Labute approximate surface area is 179 Å². The van der Waals surface area contributed by atoms with Crippen LogP contribution in [0, 0.1) is 5.82 Å². The molecule has 0 atom stereocenters. The van der Waals surface area contributed by atoms with Crippen molar-refractivity contribution in [2.24, 2.45) is 5.14 Å². The number of nitrogens with one attached hydrogen (secondary N) is 1. The summed E-state index contributed by atoms with van der Waals surface area (Å²) in [7, 11) is -4.14. The van der Waals surface area contributed by atoms with Crippen LogP contribution in [0.4, 0.5) is 29.2 Å². The van der Waals surface area contributed by atoms with Gasteiger partial charge in [0.25, 0.3) is 0 Å². The molecule has 0 unspecified atom stereocenters. The third-order valence-electron chi connectivity index (χ3n) is 5.07. The molecule has 9 nitrogen and oxygen atoms in total. The molecule has 1 aliphatic rings. The fourth-order valence-corrected chi connectivity index (χ4v) is 3.60. The number of sulfonamides is 1. The van der Waals surface area contributed by atoms with Gasteiger partial charge < -0.3 is 10.4 Å². The third-order valence-corrected chi connectivity index (χ3v) is 5.98. The number of alkyl halides is 3. The van der Waals surface area contributed by atoms with Gasteiger partial charge in [-0.2, -0.15) is 18.3 Å². The molecule has 170 valence electrons. The van der Waals surface area contributed by atoms with E-state index >= 15 is 0 Å². The average Bonchev–Trinajstić information content (AvgIpc) is 3.35. The van der Waals surface area contributed by atoms with E-state index in [0.29, 0.717) is 25.1 Å². The second kappa shape index (κ2) is 7.50. The zero-order valence-electron chi connectivity index (χ0n) is 16.1. The zero-order chi connectivity index (χ0) is 23.3. The zero-order valence-corrected chi connectivity index (χ0v) is 17.0. The van der Waals surface area contributed by atoms with E-state index in [9.17, 15) is 31.1 Å². The lowest BCUT2D eigenvalue weighted by atomic mass is 10.1. The van der Waals surface area contributed by atoms with Crippen molar-refractivity contribution in [3.63, 3.8) is 0 Å². The molecular weight excluding hydrogens is 456 g/mol. The van der Waals surface area contributed by atoms with Crippen LogP contribution in [-0.4, -0.2) is 39.9 Å². The maximum absolute atomic E-state index is 14.3. The Morgan fingerprint density at radius 3 is 2.53 bits per heavy atom. The Balaban J connectivity index is 1.72. The molecule has 1 saturated carbocycles. The maximum Gasteiger partial charge on any atom is 0.419 e. The lowest BCUT2D eigenvalue weighted by Crippen LogP contribution is -2.21. The summed E-state index contributed by atoms with van der Waals surface area (Å²) in [4.78, 5) is 7.02. The van der Waals surface area contributed by atoms with E-state index in [1.165, 1.54) is 17.1 Å². The molecule has 32 heavy (non-hydrogen) atoms. The van der Waals surface area contributed by atoms with Crippen molar-refractivity contribution in [1.82, 2.24) is 19.7 Å². The van der Waals surface area contributed by atoms with E-state index in [2.05, 4.69) is 20.4 Å². The molecule has 0 spiro atoms. The number of aromatic nitrogens is 4. The van der Waals surface area contributed by atoms with Crippen molar-refractivity contribution in [3.8, 4) is 11.3 Å². The summed E-state index contributed by atoms with van der Waals surface area (Å²) in [5.41, 5.74) is -2.47. The highest BCUT2D eigenvalue weighted by Crippen LogP contribution is 2.43. The van der Waals surface area contributed by atoms with E-state index in [-0.39, 0.29) is 23.8 Å². The van der Waals surface area contributed by atoms with Crippen molar-refractivity contribution in [3.05, 3.63) is 48.2 Å². The SMILES string of the molecule is NS(=O)(=O)c1ccc(Nc2ncc(C(F)(F)F)c(-c3cnn(C4(CO)CC4)c3)n2)c(F)c1. The molecule has 0 amide bonds. The molecule has 4 rings (SSSR count). The molecule has 0 aliphatic heterocycles. The molecule has 1 fully saturated rings. The van der Waals surface area contributed by atoms with E-state index in [1.54, 1.807) is 0 Å². The molecule has 4 N–H and O–H groups in total. The van der Waals surface area contributed by atoms with Gasteiger partial charge in [-0.15, -0.1) is 0 Å². The summed E-state index contributed by atoms with van der Waals surface area (Å²) >= 11 is 0. The van der Waals surface area contributed by atoms with Crippen molar-refractivity contribution < 1.29 is 31.1 Å². The van der Waals surface area contributed by atoms with Crippen LogP contribution in [0.5, 0.6) is 0 Å². The Morgan fingerprint density at radius 2 is 1.97 bits per heavy atom. The summed E-state index contributed by atoms with van der Waals surface area (Å²) in [5.74, 6) is -1.38. The molecule has 0 radical (unpaired) electrons. The number of benzene rings is 1. The molecular formula is C18H16F4N6O3S. The molecule has 1 aliphatic carbocycles. The largest absolute Gasteiger partial charge is 0.419 e. The Hall–Kier alpha value is -3.10. The second-order valence-electron chi connectivity index (χ2n) is 7.32. The van der Waals surface area contributed by atoms with Crippen molar-refractivity contribution >= 4 is 21.7 Å². The van der Waals surface area contributed by atoms with E-state index in [1.807, 2.05) is 0 Å². The highest BCUT2D eigenvalue weighted by atomic mass is 32.2. The van der Waals surface area contributed by atoms with Crippen LogP contribution < -0.4 is 10.5 Å². The molecule has 2 heterocycles. The van der Waals surface area contributed by atoms with E-state index in [4.69, 9.17) is 5.14 Å². The van der Waals surface area contributed by atoms with Crippen LogP contribution in [0.1, 0.15) is 18.4 Å². The van der Waals surface area contributed by atoms with Gasteiger partial charge in [0, 0.05) is 18.0 Å². The van der Waals surface area contributed by atoms with Gasteiger partial charge in [0.2, 0.25) is 16.0 Å². The van der Waals surface area contributed by atoms with Gasteiger partial charge in [-0.25, -0.2) is 27.9 Å². The smallest absolute Gasteiger partial charge is 0.394 e. The molecule has 1 aromatic carbocycles. The quantitative estimate of drug-likeness (QED) is 0.469.